The number of nitrogens with one attached hydrogen (secondary N) is 1. The second-order valence-electron chi connectivity index (χ2n) is 5.12. The fraction of sp³-hybridized carbons (Fsp3) is 1.00. The summed E-state index contributed by atoms with van der Waals surface area (Å²) in [5.74, 6) is 0. The molecule has 0 aromatic rings. The van der Waals surface area contributed by atoms with Crippen molar-refractivity contribution < 1.29 is 4.74 Å². The van der Waals surface area contributed by atoms with Gasteiger partial charge >= 0.3 is 0 Å². The minimum absolute atomic E-state index is 0.631. The van der Waals surface area contributed by atoms with E-state index >= 15 is 0 Å². The molecular formula is C13H28N2O. The van der Waals surface area contributed by atoms with E-state index in [4.69, 9.17) is 4.74 Å². The lowest BCUT2D eigenvalue weighted by molar-refractivity contribution is 0.0740. The molecule has 1 aliphatic rings. The zero-order valence-corrected chi connectivity index (χ0v) is 11.3. The Hall–Kier alpha value is -0.120. The van der Waals surface area contributed by atoms with E-state index in [-0.39, 0.29) is 0 Å². The molecular weight excluding hydrogens is 200 g/mol. The van der Waals surface area contributed by atoms with Crippen LogP contribution in [0, 0.1) is 0 Å². The summed E-state index contributed by atoms with van der Waals surface area (Å²) in [7, 11) is 3.87. The first-order valence-corrected chi connectivity index (χ1v) is 6.61. The normalized spacial score (nSPS) is 26.6. The predicted octanol–water partition coefficient (Wildman–Crippen LogP) is 1.87. The van der Waals surface area contributed by atoms with E-state index < -0.39 is 0 Å². The number of rotatable bonds is 6. The van der Waals surface area contributed by atoms with Crippen LogP contribution in [0.5, 0.6) is 0 Å². The quantitative estimate of drug-likeness (QED) is 0.751. The van der Waals surface area contributed by atoms with Gasteiger partial charge in [-0.25, -0.2) is 0 Å². The molecule has 1 saturated carbocycles. The Kier molecular flexibility index (Phi) is 6.32. The number of ether oxygens (including phenoxy) is 1. The van der Waals surface area contributed by atoms with Gasteiger partial charge in [0.2, 0.25) is 0 Å². The molecule has 0 amide bonds. The number of hydrogen-bond acceptors (Lipinski definition) is 3. The van der Waals surface area contributed by atoms with Crippen LogP contribution in [-0.4, -0.2) is 50.3 Å². The molecule has 16 heavy (non-hydrogen) atoms. The first kappa shape index (κ1) is 13.9. The summed E-state index contributed by atoms with van der Waals surface area (Å²) in [4.78, 5) is 2.61. The lowest BCUT2D eigenvalue weighted by atomic mass is 9.89. The van der Waals surface area contributed by atoms with E-state index in [1.165, 1.54) is 25.7 Å². The van der Waals surface area contributed by atoms with Gasteiger partial charge in [0.1, 0.15) is 0 Å². The van der Waals surface area contributed by atoms with Crippen LogP contribution < -0.4 is 5.32 Å². The van der Waals surface area contributed by atoms with Gasteiger partial charge in [-0.1, -0.05) is 0 Å². The first-order valence-electron chi connectivity index (χ1n) is 6.61. The molecule has 0 aromatic heterocycles. The van der Waals surface area contributed by atoms with E-state index in [0.29, 0.717) is 6.04 Å². The van der Waals surface area contributed by atoms with Crippen LogP contribution >= 0.6 is 0 Å². The lowest BCUT2D eigenvalue weighted by Gasteiger charge is -2.39. The van der Waals surface area contributed by atoms with Crippen LogP contribution in [0.4, 0.5) is 0 Å². The molecule has 0 spiro atoms. The summed E-state index contributed by atoms with van der Waals surface area (Å²) in [5.41, 5.74) is 0. The third-order valence-electron chi connectivity index (χ3n) is 3.79. The maximum absolute atomic E-state index is 5.20. The fourth-order valence-electron chi connectivity index (χ4n) is 2.76. The highest BCUT2D eigenvalue weighted by Crippen LogP contribution is 2.24. The Bertz CT molecular complexity index is 177. The minimum atomic E-state index is 0.631. The summed E-state index contributed by atoms with van der Waals surface area (Å²) in [6, 6.07) is 2.14. The topological polar surface area (TPSA) is 24.5 Å². The highest BCUT2D eigenvalue weighted by Gasteiger charge is 2.26. The molecule has 0 aromatic carbocycles. The Morgan fingerprint density at radius 3 is 2.31 bits per heavy atom. The van der Waals surface area contributed by atoms with Crippen LogP contribution in [0.25, 0.3) is 0 Å². The summed E-state index contributed by atoms with van der Waals surface area (Å²) < 4.78 is 5.20. The van der Waals surface area contributed by atoms with Crippen molar-refractivity contribution in [2.45, 2.75) is 57.7 Å². The summed E-state index contributed by atoms with van der Waals surface area (Å²) >= 11 is 0. The van der Waals surface area contributed by atoms with Gasteiger partial charge in [-0.2, -0.15) is 0 Å². The summed E-state index contributed by atoms with van der Waals surface area (Å²) in [5, 5.41) is 3.39. The maximum atomic E-state index is 5.20. The second-order valence-corrected chi connectivity index (χ2v) is 5.12. The van der Waals surface area contributed by atoms with Gasteiger partial charge in [-0.15, -0.1) is 0 Å². The SMILES string of the molecule is CNC1CCC(N(CCOC)C(C)C)CC1. The van der Waals surface area contributed by atoms with Crippen molar-refractivity contribution in [2.24, 2.45) is 0 Å². The smallest absolute Gasteiger partial charge is 0.0589 e. The molecule has 3 nitrogen and oxygen atoms in total. The van der Waals surface area contributed by atoms with Crippen LogP contribution in [-0.2, 0) is 4.74 Å². The average Bonchev–Trinajstić information content (AvgIpc) is 2.30. The highest BCUT2D eigenvalue weighted by atomic mass is 16.5. The number of methoxy groups -OCH3 is 1. The average molecular weight is 228 g/mol. The van der Waals surface area contributed by atoms with Crippen molar-refractivity contribution in [1.29, 1.82) is 0 Å². The van der Waals surface area contributed by atoms with Gasteiger partial charge in [-0.3, -0.25) is 4.90 Å². The Labute approximate surface area is 101 Å². The van der Waals surface area contributed by atoms with Gasteiger partial charge in [0.25, 0.3) is 0 Å². The van der Waals surface area contributed by atoms with E-state index in [0.717, 1.165) is 25.2 Å². The molecule has 0 aliphatic heterocycles. The molecule has 1 aliphatic carbocycles. The van der Waals surface area contributed by atoms with Crippen molar-refractivity contribution in [2.75, 3.05) is 27.3 Å². The molecule has 0 atom stereocenters. The predicted molar refractivity (Wildman–Crippen MR) is 68.8 cm³/mol. The van der Waals surface area contributed by atoms with E-state index in [1.807, 2.05) is 0 Å². The van der Waals surface area contributed by atoms with Gasteiger partial charge in [-0.05, 0) is 46.6 Å². The standard InChI is InChI=1S/C13H28N2O/c1-11(2)15(9-10-16-4)13-7-5-12(14-3)6-8-13/h11-14H,5-10H2,1-4H3. The van der Waals surface area contributed by atoms with E-state index in [9.17, 15) is 0 Å². The highest BCUT2D eigenvalue weighted by molar-refractivity contribution is 4.83. The van der Waals surface area contributed by atoms with Crippen LogP contribution in [0.1, 0.15) is 39.5 Å². The Morgan fingerprint density at radius 1 is 1.25 bits per heavy atom. The third-order valence-corrected chi connectivity index (χ3v) is 3.79. The van der Waals surface area contributed by atoms with Gasteiger partial charge in [0.05, 0.1) is 6.61 Å². The molecule has 1 fully saturated rings. The van der Waals surface area contributed by atoms with Gasteiger partial charge in [0.15, 0.2) is 0 Å². The monoisotopic (exact) mass is 228 g/mol. The van der Waals surface area contributed by atoms with Crippen molar-refractivity contribution in [3.05, 3.63) is 0 Å². The van der Waals surface area contributed by atoms with Crippen molar-refractivity contribution in [3.63, 3.8) is 0 Å². The van der Waals surface area contributed by atoms with Crippen molar-refractivity contribution >= 4 is 0 Å². The molecule has 0 saturated heterocycles. The van der Waals surface area contributed by atoms with Crippen molar-refractivity contribution in [3.8, 4) is 0 Å². The Balaban J connectivity index is 2.40. The van der Waals surface area contributed by atoms with E-state index in [1.54, 1.807) is 7.11 Å². The van der Waals surface area contributed by atoms with Crippen LogP contribution in [0.2, 0.25) is 0 Å². The number of nitrogens with zero attached hydrogens (tertiary/aromatic N) is 1. The molecule has 96 valence electrons. The summed E-state index contributed by atoms with van der Waals surface area (Å²) in [6.07, 6.45) is 5.29. The lowest BCUT2D eigenvalue weighted by Crippen LogP contribution is -2.46. The fourth-order valence-corrected chi connectivity index (χ4v) is 2.76. The third kappa shape index (κ3) is 4.04. The Morgan fingerprint density at radius 2 is 1.88 bits per heavy atom. The molecule has 0 bridgehead atoms. The molecule has 0 heterocycles. The molecule has 1 N–H and O–H groups in total. The van der Waals surface area contributed by atoms with Gasteiger partial charge in [0, 0.05) is 31.8 Å². The molecule has 0 unspecified atom stereocenters. The summed E-state index contributed by atoms with van der Waals surface area (Å²) in [6.45, 7) is 6.51. The first-order chi connectivity index (χ1) is 7.69. The van der Waals surface area contributed by atoms with E-state index in [2.05, 4.69) is 31.1 Å². The minimum Gasteiger partial charge on any atom is -0.383 e. The number of hydrogen-bond donors (Lipinski definition) is 1. The zero-order chi connectivity index (χ0) is 12.0. The second kappa shape index (κ2) is 7.25. The van der Waals surface area contributed by atoms with Crippen LogP contribution in [0.15, 0.2) is 0 Å². The maximum Gasteiger partial charge on any atom is 0.0589 e. The zero-order valence-electron chi connectivity index (χ0n) is 11.3. The molecule has 1 rings (SSSR count). The largest absolute Gasteiger partial charge is 0.383 e. The van der Waals surface area contributed by atoms with Gasteiger partial charge < -0.3 is 10.1 Å². The molecule has 3 heteroatoms. The van der Waals surface area contributed by atoms with Crippen molar-refractivity contribution in [1.82, 2.24) is 10.2 Å². The molecule has 0 radical (unpaired) electrons. The van der Waals surface area contributed by atoms with Crippen LogP contribution in [0.3, 0.4) is 0 Å².